The van der Waals surface area contributed by atoms with Gasteiger partial charge in [-0.2, -0.15) is 0 Å². The molecule has 3 atom stereocenters. The number of benzene rings is 2. The molecule has 0 aromatic heterocycles. The molecular weight excluding hydrogens is 336 g/mol. The molecule has 0 spiro atoms. The summed E-state index contributed by atoms with van der Waals surface area (Å²) in [5.74, 6) is 0.171. The molecule has 2 N–H and O–H groups in total. The van der Waals surface area contributed by atoms with E-state index in [4.69, 9.17) is 10.5 Å². The molecule has 1 saturated heterocycles. The Bertz CT molecular complexity index is 666. The van der Waals surface area contributed by atoms with Crippen LogP contribution < -0.4 is 5.73 Å². The van der Waals surface area contributed by atoms with Gasteiger partial charge < -0.3 is 15.4 Å². The fourth-order valence-electron chi connectivity index (χ4n) is 3.33. The first-order valence-electron chi connectivity index (χ1n) is 8.46. The zero-order valence-corrected chi connectivity index (χ0v) is 15.2. The van der Waals surface area contributed by atoms with Crippen molar-refractivity contribution < 1.29 is 9.53 Å². The lowest BCUT2D eigenvalue weighted by Crippen LogP contribution is -2.36. The van der Waals surface area contributed by atoms with Crippen LogP contribution >= 0.6 is 12.4 Å². The molecule has 134 valence electrons. The Morgan fingerprint density at radius 2 is 1.72 bits per heavy atom. The fraction of sp³-hybridized carbons (Fsp3) is 0.350. The quantitative estimate of drug-likeness (QED) is 0.891. The second-order valence-electron chi connectivity index (χ2n) is 6.17. The highest BCUT2D eigenvalue weighted by atomic mass is 35.5. The molecule has 1 aliphatic rings. The van der Waals surface area contributed by atoms with Gasteiger partial charge in [0.1, 0.15) is 0 Å². The molecule has 1 unspecified atom stereocenters. The van der Waals surface area contributed by atoms with Crippen molar-refractivity contribution in [3.63, 3.8) is 0 Å². The molecule has 0 saturated carbocycles. The number of amides is 1. The highest BCUT2D eigenvalue weighted by molar-refractivity contribution is 5.85. The molecular formula is C20H25ClN2O2. The summed E-state index contributed by atoms with van der Waals surface area (Å²) >= 11 is 0. The van der Waals surface area contributed by atoms with Crippen LogP contribution in [0.25, 0.3) is 0 Å². The minimum Gasteiger partial charge on any atom is -0.364 e. The lowest BCUT2D eigenvalue weighted by molar-refractivity contribution is -0.143. The van der Waals surface area contributed by atoms with E-state index in [1.54, 1.807) is 0 Å². The Balaban J connectivity index is 0.00000225. The van der Waals surface area contributed by atoms with Crippen molar-refractivity contribution >= 4 is 18.3 Å². The molecule has 1 fully saturated rings. The summed E-state index contributed by atoms with van der Waals surface area (Å²) in [7, 11) is 0. The molecule has 4 nitrogen and oxygen atoms in total. The number of nitrogens with two attached hydrogens (primary N) is 1. The molecule has 0 aliphatic carbocycles. The van der Waals surface area contributed by atoms with Crippen LogP contribution in [0.2, 0.25) is 0 Å². The van der Waals surface area contributed by atoms with Gasteiger partial charge in [-0.25, -0.2) is 0 Å². The number of carbonyl (C=O) groups excluding carboxylic acids is 1. The van der Waals surface area contributed by atoms with Crippen LogP contribution in [-0.2, 0) is 9.53 Å². The SMILES string of the molecule is CCOC(C(=O)N1C[C@@H](N)[C@H](c2ccccc2)C1)c1ccccc1.Cl. The summed E-state index contributed by atoms with van der Waals surface area (Å²) in [6, 6.07) is 19.8. The molecule has 2 aromatic rings. The van der Waals surface area contributed by atoms with E-state index in [1.807, 2.05) is 60.4 Å². The van der Waals surface area contributed by atoms with Gasteiger partial charge in [-0.15, -0.1) is 12.4 Å². The van der Waals surface area contributed by atoms with Crippen molar-refractivity contribution in [2.45, 2.75) is 25.0 Å². The lowest BCUT2D eigenvalue weighted by atomic mass is 9.95. The summed E-state index contributed by atoms with van der Waals surface area (Å²) in [4.78, 5) is 14.8. The van der Waals surface area contributed by atoms with Crippen molar-refractivity contribution in [2.75, 3.05) is 19.7 Å². The minimum absolute atomic E-state index is 0. The topological polar surface area (TPSA) is 55.6 Å². The van der Waals surface area contributed by atoms with Gasteiger partial charge in [-0.3, -0.25) is 4.79 Å². The van der Waals surface area contributed by atoms with Crippen LogP contribution in [0.1, 0.15) is 30.1 Å². The standard InChI is InChI=1S/C20H24N2O2.ClH/c1-2-24-19(16-11-7-4-8-12-16)20(23)22-13-17(18(21)14-22)15-9-5-3-6-10-15;/h3-12,17-19H,2,13-14,21H2,1H3;1H/t17-,18+,19?;/m0./s1. The number of ether oxygens (including phenoxy) is 1. The van der Waals surface area contributed by atoms with E-state index >= 15 is 0 Å². The maximum absolute atomic E-state index is 13.0. The zero-order chi connectivity index (χ0) is 16.9. The maximum Gasteiger partial charge on any atom is 0.256 e. The number of hydrogen-bond donors (Lipinski definition) is 1. The van der Waals surface area contributed by atoms with E-state index < -0.39 is 6.10 Å². The highest BCUT2D eigenvalue weighted by Gasteiger charge is 2.37. The first-order chi connectivity index (χ1) is 11.7. The van der Waals surface area contributed by atoms with E-state index in [1.165, 1.54) is 5.56 Å². The monoisotopic (exact) mass is 360 g/mol. The van der Waals surface area contributed by atoms with E-state index in [9.17, 15) is 4.79 Å². The molecule has 3 rings (SSSR count). The third kappa shape index (κ3) is 4.40. The molecule has 5 heteroatoms. The number of carbonyl (C=O) groups is 1. The van der Waals surface area contributed by atoms with E-state index in [0.29, 0.717) is 19.7 Å². The lowest BCUT2D eigenvalue weighted by Gasteiger charge is -2.23. The number of halogens is 1. The average Bonchev–Trinajstić information content (AvgIpc) is 3.02. The van der Waals surface area contributed by atoms with Gasteiger partial charge in [0.05, 0.1) is 0 Å². The molecule has 1 aliphatic heterocycles. The largest absolute Gasteiger partial charge is 0.364 e. The van der Waals surface area contributed by atoms with Crippen LogP contribution in [0.3, 0.4) is 0 Å². The number of likely N-dealkylation sites (tertiary alicyclic amines) is 1. The summed E-state index contributed by atoms with van der Waals surface area (Å²) in [5, 5.41) is 0. The zero-order valence-electron chi connectivity index (χ0n) is 14.4. The molecule has 1 amide bonds. The molecule has 1 heterocycles. The Labute approximate surface area is 155 Å². The van der Waals surface area contributed by atoms with E-state index in [-0.39, 0.29) is 30.3 Å². The van der Waals surface area contributed by atoms with E-state index in [0.717, 1.165) is 5.56 Å². The summed E-state index contributed by atoms with van der Waals surface area (Å²) in [6.07, 6.45) is -0.557. The predicted octanol–water partition coefficient (Wildman–Crippen LogP) is 3.14. The van der Waals surface area contributed by atoms with E-state index in [2.05, 4.69) is 12.1 Å². The van der Waals surface area contributed by atoms with Crippen LogP contribution in [-0.4, -0.2) is 36.5 Å². The van der Waals surface area contributed by atoms with Crippen LogP contribution in [0.4, 0.5) is 0 Å². The van der Waals surface area contributed by atoms with Crippen molar-refractivity contribution in [3.8, 4) is 0 Å². The molecule has 2 aromatic carbocycles. The Morgan fingerprint density at radius 1 is 1.12 bits per heavy atom. The molecule has 25 heavy (non-hydrogen) atoms. The van der Waals surface area contributed by atoms with Gasteiger partial charge in [0, 0.05) is 31.7 Å². The van der Waals surface area contributed by atoms with Gasteiger partial charge in [-0.1, -0.05) is 60.7 Å². The van der Waals surface area contributed by atoms with Crippen LogP contribution in [0.15, 0.2) is 60.7 Å². The minimum atomic E-state index is -0.557. The predicted molar refractivity (Wildman–Crippen MR) is 102 cm³/mol. The smallest absolute Gasteiger partial charge is 0.256 e. The maximum atomic E-state index is 13.0. The van der Waals surface area contributed by atoms with Crippen LogP contribution in [0.5, 0.6) is 0 Å². The van der Waals surface area contributed by atoms with Crippen molar-refractivity contribution in [1.29, 1.82) is 0 Å². The van der Waals surface area contributed by atoms with Gasteiger partial charge in [0.15, 0.2) is 6.10 Å². The third-order valence-electron chi connectivity index (χ3n) is 4.56. The molecule has 0 bridgehead atoms. The van der Waals surface area contributed by atoms with Gasteiger partial charge >= 0.3 is 0 Å². The van der Waals surface area contributed by atoms with Crippen molar-refractivity contribution in [1.82, 2.24) is 4.90 Å². The number of nitrogens with zero attached hydrogens (tertiary/aromatic N) is 1. The average molecular weight is 361 g/mol. The van der Waals surface area contributed by atoms with Gasteiger partial charge in [0.25, 0.3) is 5.91 Å². The first kappa shape index (κ1) is 19.4. The Kier molecular flexibility index (Phi) is 7.00. The summed E-state index contributed by atoms with van der Waals surface area (Å²) in [6.45, 7) is 3.61. The Morgan fingerprint density at radius 3 is 2.32 bits per heavy atom. The second kappa shape index (κ2) is 8.99. The third-order valence-corrected chi connectivity index (χ3v) is 4.56. The number of hydrogen-bond acceptors (Lipinski definition) is 3. The van der Waals surface area contributed by atoms with Gasteiger partial charge in [-0.05, 0) is 18.1 Å². The second-order valence-corrected chi connectivity index (χ2v) is 6.17. The summed E-state index contributed by atoms with van der Waals surface area (Å²) < 4.78 is 5.75. The van der Waals surface area contributed by atoms with Crippen molar-refractivity contribution in [3.05, 3.63) is 71.8 Å². The highest BCUT2D eigenvalue weighted by Crippen LogP contribution is 2.29. The normalized spacial score (nSPS) is 20.8. The van der Waals surface area contributed by atoms with Crippen molar-refractivity contribution in [2.24, 2.45) is 5.73 Å². The van der Waals surface area contributed by atoms with Crippen LogP contribution in [0, 0.1) is 0 Å². The molecule has 0 radical (unpaired) electrons. The summed E-state index contributed by atoms with van der Waals surface area (Å²) in [5.41, 5.74) is 8.40. The van der Waals surface area contributed by atoms with Gasteiger partial charge in [0.2, 0.25) is 0 Å². The number of rotatable bonds is 5. The fourth-order valence-corrected chi connectivity index (χ4v) is 3.33. The Hall–Kier alpha value is -1.88. The first-order valence-corrected chi connectivity index (χ1v) is 8.46.